The van der Waals surface area contributed by atoms with Gasteiger partial charge in [0.15, 0.2) is 0 Å². The average molecular weight is 297 g/mol. The second-order valence-electron chi connectivity index (χ2n) is 4.31. The number of hydrogen-bond acceptors (Lipinski definition) is 5. The fourth-order valence-corrected chi connectivity index (χ4v) is 3.00. The van der Waals surface area contributed by atoms with Crippen LogP contribution in [0.3, 0.4) is 0 Å². The summed E-state index contributed by atoms with van der Waals surface area (Å²) >= 11 is 1.38. The molecule has 6 heteroatoms. The molecule has 104 valence electrons. The number of carboxylic acid groups (broad SMARTS) is 1. The van der Waals surface area contributed by atoms with Crippen molar-refractivity contribution in [1.82, 2.24) is 15.0 Å². The van der Waals surface area contributed by atoms with E-state index in [2.05, 4.69) is 15.0 Å². The molecule has 0 aliphatic rings. The van der Waals surface area contributed by atoms with Gasteiger partial charge in [0.1, 0.15) is 10.7 Å². The summed E-state index contributed by atoms with van der Waals surface area (Å²) in [5.41, 5.74) is 2.24. The smallest absolute Gasteiger partial charge is 0.308 e. The van der Waals surface area contributed by atoms with Crippen molar-refractivity contribution in [3.63, 3.8) is 0 Å². The van der Waals surface area contributed by atoms with Gasteiger partial charge in [-0.25, -0.2) is 4.98 Å². The quantitative estimate of drug-likeness (QED) is 0.801. The lowest BCUT2D eigenvalue weighted by molar-refractivity contribution is -0.136. The maximum atomic E-state index is 11.0. The van der Waals surface area contributed by atoms with Gasteiger partial charge in [-0.05, 0) is 24.3 Å². The zero-order chi connectivity index (χ0) is 14.7. The van der Waals surface area contributed by atoms with Gasteiger partial charge in [0.2, 0.25) is 0 Å². The molecule has 1 N–H and O–H groups in total. The number of carboxylic acids is 1. The highest BCUT2D eigenvalue weighted by atomic mass is 32.1. The second kappa shape index (κ2) is 5.80. The molecule has 3 aromatic rings. The van der Waals surface area contributed by atoms with E-state index in [1.54, 1.807) is 18.6 Å². The molecule has 0 aromatic carbocycles. The van der Waals surface area contributed by atoms with Crippen LogP contribution >= 0.6 is 11.3 Å². The fourth-order valence-electron chi connectivity index (χ4n) is 1.93. The Labute approximate surface area is 125 Å². The molecule has 0 saturated carbocycles. The van der Waals surface area contributed by atoms with E-state index >= 15 is 0 Å². The summed E-state index contributed by atoms with van der Waals surface area (Å²) in [6.45, 7) is 0. The molecule has 3 aromatic heterocycles. The molecule has 0 aliphatic carbocycles. The molecule has 3 rings (SSSR count). The Bertz CT molecular complexity index is 757. The third kappa shape index (κ3) is 2.95. The Balaban J connectivity index is 2.10. The number of pyridine rings is 2. The number of thiazole rings is 1. The van der Waals surface area contributed by atoms with E-state index in [-0.39, 0.29) is 6.42 Å². The van der Waals surface area contributed by atoms with Crippen molar-refractivity contribution in [3.8, 4) is 22.0 Å². The maximum Gasteiger partial charge on any atom is 0.308 e. The lowest BCUT2D eigenvalue weighted by Crippen LogP contribution is -1.99. The van der Waals surface area contributed by atoms with Crippen LogP contribution in [0.1, 0.15) is 4.88 Å². The van der Waals surface area contributed by atoms with Crippen LogP contribution in [-0.4, -0.2) is 26.0 Å². The van der Waals surface area contributed by atoms with Gasteiger partial charge in [0.05, 0.1) is 12.1 Å². The van der Waals surface area contributed by atoms with Crippen LogP contribution in [0, 0.1) is 0 Å². The van der Waals surface area contributed by atoms with Crippen molar-refractivity contribution in [3.05, 3.63) is 53.8 Å². The lowest BCUT2D eigenvalue weighted by Gasteiger charge is -1.98. The van der Waals surface area contributed by atoms with Crippen molar-refractivity contribution >= 4 is 17.3 Å². The molecule has 0 unspecified atom stereocenters. The van der Waals surface area contributed by atoms with E-state index in [0.29, 0.717) is 16.3 Å². The van der Waals surface area contributed by atoms with Crippen LogP contribution in [0.5, 0.6) is 0 Å². The summed E-state index contributed by atoms with van der Waals surface area (Å²) < 4.78 is 0. The predicted octanol–water partition coefficient (Wildman–Crippen LogP) is 2.89. The van der Waals surface area contributed by atoms with Crippen molar-refractivity contribution in [2.75, 3.05) is 0 Å². The number of aromatic nitrogens is 3. The second-order valence-corrected chi connectivity index (χ2v) is 5.40. The van der Waals surface area contributed by atoms with Crippen LogP contribution in [0.25, 0.3) is 22.0 Å². The van der Waals surface area contributed by atoms with E-state index in [1.165, 1.54) is 11.3 Å². The molecule has 0 atom stereocenters. The van der Waals surface area contributed by atoms with Crippen molar-refractivity contribution < 1.29 is 9.90 Å². The normalized spacial score (nSPS) is 10.5. The minimum absolute atomic E-state index is 0.0609. The van der Waals surface area contributed by atoms with Gasteiger partial charge in [-0.15, -0.1) is 11.3 Å². The molecule has 0 spiro atoms. The third-order valence-corrected chi connectivity index (χ3v) is 3.95. The Kier molecular flexibility index (Phi) is 3.70. The molecule has 0 radical (unpaired) electrons. The maximum absolute atomic E-state index is 11.0. The number of rotatable bonds is 4. The predicted molar refractivity (Wildman–Crippen MR) is 79.9 cm³/mol. The molecule has 5 nitrogen and oxygen atoms in total. The van der Waals surface area contributed by atoms with E-state index < -0.39 is 5.97 Å². The number of aliphatic carboxylic acids is 1. The van der Waals surface area contributed by atoms with E-state index in [1.807, 2.05) is 30.3 Å². The zero-order valence-corrected chi connectivity index (χ0v) is 11.7. The van der Waals surface area contributed by atoms with E-state index in [9.17, 15) is 4.79 Å². The van der Waals surface area contributed by atoms with Gasteiger partial charge in [-0.1, -0.05) is 6.07 Å². The van der Waals surface area contributed by atoms with E-state index in [0.717, 1.165) is 10.6 Å². The monoisotopic (exact) mass is 297 g/mol. The number of hydrogen-bond donors (Lipinski definition) is 1. The van der Waals surface area contributed by atoms with Crippen LogP contribution < -0.4 is 0 Å². The first-order valence-corrected chi connectivity index (χ1v) is 7.09. The molecule has 0 aliphatic heterocycles. The van der Waals surface area contributed by atoms with Gasteiger partial charge in [0, 0.05) is 29.0 Å². The highest BCUT2D eigenvalue weighted by Gasteiger charge is 2.17. The largest absolute Gasteiger partial charge is 0.481 e. The minimum atomic E-state index is -0.878. The highest BCUT2D eigenvalue weighted by Crippen LogP contribution is 2.33. The SMILES string of the molecule is O=C(O)Cc1sc(-c2ccncc2)nc1-c1ccccn1. The number of nitrogens with zero attached hydrogens (tertiary/aromatic N) is 3. The van der Waals surface area contributed by atoms with Gasteiger partial charge in [-0.3, -0.25) is 14.8 Å². The van der Waals surface area contributed by atoms with Crippen LogP contribution in [0.15, 0.2) is 48.9 Å². The summed E-state index contributed by atoms with van der Waals surface area (Å²) in [4.78, 5) is 24.6. The van der Waals surface area contributed by atoms with Crippen molar-refractivity contribution in [2.24, 2.45) is 0 Å². The summed E-state index contributed by atoms with van der Waals surface area (Å²) in [7, 11) is 0. The molecule has 3 heterocycles. The zero-order valence-electron chi connectivity index (χ0n) is 10.9. The molecular formula is C15H11N3O2S. The Hall–Kier alpha value is -2.60. The van der Waals surface area contributed by atoms with Crippen LogP contribution in [0.4, 0.5) is 0 Å². The Morgan fingerprint density at radius 1 is 1.14 bits per heavy atom. The topological polar surface area (TPSA) is 76.0 Å². The van der Waals surface area contributed by atoms with Crippen molar-refractivity contribution in [1.29, 1.82) is 0 Å². The van der Waals surface area contributed by atoms with Crippen LogP contribution in [-0.2, 0) is 11.2 Å². The molecule has 21 heavy (non-hydrogen) atoms. The lowest BCUT2D eigenvalue weighted by atomic mass is 10.2. The van der Waals surface area contributed by atoms with E-state index in [4.69, 9.17) is 5.11 Å². The van der Waals surface area contributed by atoms with Gasteiger partial charge in [-0.2, -0.15) is 0 Å². The summed E-state index contributed by atoms with van der Waals surface area (Å²) in [6, 6.07) is 9.21. The first-order chi connectivity index (χ1) is 10.2. The standard InChI is InChI=1S/C15H11N3O2S/c19-13(20)9-12-14(11-3-1-2-6-17-11)18-15(21-12)10-4-7-16-8-5-10/h1-8H,9H2,(H,19,20). The Morgan fingerprint density at radius 3 is 2.62 bits per heavy atom. The average Bonchev–Trinajstić information content (AvgIpc) is 2.92. The highest BCUT2D eigenvalue weighted by molar-refractivity contribution is 7.15. The first kappa shape index (κ1) is 13.4. The van der Waals surface area contributed by atoms with Gasteiger partial charge in [0.25, 0.3) is 0 Å². The van der Waals surface area contributed by atoms with Crippen LogP contribution in [0.2, 0.25) is 0 Å². The molecular weight excluding hydrogens is 286 g/mol. The number of carbonyl (C=O) groups is 1. The van der Waals surface area contributed by atoms with Crippen molar-refractivity contribution in [2.45, 2.75) is 6.42 Å². The third-order valence-electron chi connectivity index (χ3n) is 2.84. The first-order valence-electron chi connectivity index (χ1n) is 6.27. The molecule has 0 amide bonds. The summed E-state index contributed by atoms with van der Waals surface area (Å²) in [5.74, 6) is -0.878. The fraction of sp³-hybridized carbons (Fsp3) is 0.0667. The summed E-state index contributed by atoms with van der Waals surface area (Å²) in [5, 5.41) is 9.84. The minimum Gasteiger partial charge on any atom is -0.481 e. The summed E-state index contributed by atoms with van der Waals surface area (Å²) in [6.07, 6.45) is 4.99. The van der Waals surface area contributed by atoms with Gasteiger partial charge >= 0.3 is 5.97 Å². The van der Waals surface area contributed by atoms with Gasteiger partial charge < -0.3 is 5.11 Å². The molecule has 0 saturated heterocycles. The Morgan fingerprint density at radius 2 is 1.95 bits per heavy atom. The molecule has 0 bridgehead atoms. The molecule has 0 fully saturated rings.